The lowest BCUT2D eigenvalue weighted by Gasteiger charge is -2.34. The van der Waals surface area contributed by atoms with Crippen molar-refractivity contribution in [3.05, 3.63) is 27.8 Å². The molecular formula is C15H22N2O5. The zero-order valence-corrected chi connectivity index (χ0v) is 12.9. The largest absolute Gasteiger partial charge is 0.493 e. The minimum absolute atomic E-state index is 0.0138. The van der Waals surface area contributed by atoms with Crippen LogP contribution in [-0.4, -0.2) is 48.3 Å². The molecule has 1 saturated heterocycles. The molecule has 0 aliphatic carbocycles. The van der Waals surface area contributed by atoms with E-state index in [0.717, 1.165) is 25.8 Å². The number of ether oxygens (including phenoxy) is 2. The van der Waals surface area contributed by atoms with Gasteiger partial charge in [0.1, 0.15) is 0 Å². The molecule has 1 unspecified atom stereocenters. The quantitative estimate of drug-likeness (QED) is 0.638. The monoisotopic (exact) mass is 310 g/mol. The molecule has 2 rings (SSSR count). The Bertz CT molecular complexity index is 535. The predicted octanol–water partition coefficient (Wildman–Crippen LogP) is 1.96. The van der Waals surface area contributed by atoms with Crippen molar-refractivity contribution in [3.8, 4) is 11.5 Å². The number of methoxy groups -OCH3 is 2. The number of likely N-dealkylation sites (tertiary alicyclic amines) is 1. The van der Waals surface area contributed by atoms with E-state index in [-0.39, 0.29) is 18.3 Å². The predicted molar refractivity (Wildman–Crippen MR) is 81.3 cm³/mol. The Kier molecular flexibility index (Phi) is 5.57. The van der Waals surface area contributed by atoms with E-state index in [2.05, 4.69) is 4.90 Å². The lowest BCUT2D eigenvalue weighted by molar-refractivity contribution is -0.385. The van der Waals surface area contributed by atoms with Crippen LogP contribution in [0.15, 0.2) is 12.1 Å². The van der Waals surface area contributed by atoms with E-state index in [9.17, 15) is 15.2 Å². The molecule has 0 aromatic heterocycles. The summed E-state index contributed by atoms with van der Waals surface area (Å²) >= 11 is 0. The molecule has 1 aromatic carbocycles. The second kappa shape index (κ2) is 7.42. The van der Waals surface area contributed by atoms with Gasteiger partial charge >= 0.3 is 0 Å². The van der Waals surface area contributed by atoms with Crippen molar-refractivity contribution in [1.29, 1.82) is 0 Å². The van der Waals surface area contributed by atoms with Gasteiger partial charge in [-0.2, -0.15) is 0 Å². The van der Waals surface area contributed by atoms with Gasteiger partial charge in [-0.25, -0.2) is 0 Å². The fraction of sp³-hybridized carbons (Fsp3) is 0.600. The summed E-state index contributed by atoms with van der Waals surface area (Å²) in [5.74, 6) is 0.816. The van der Waals surface area contributed by atoms with E-state index >= 15 is 0 Å². The first-order valence-electron chi connectivity index (χ1n) is 7.35. The highest BCUT2D eigenvalue weighted by molar-refractivity contribution is 5.54. The Balaban J connectivity index is 2.33. The summed E-state index contributed by atoms with van der Waals surface area (Å²) in [6.07, 6.45) is 3.03. The molecule has 1 aliphatic rings. The molecule has 1 aromatic rings. The molecule has 22 heavy (non-hydrogen) atoms. The summed E-state index contributed by atoms with van der Waals surface area (Å²) in [6, 6.07) is 3.10. The number of hydrogen-bond acceptors (Lipinski definition) is 6. The van der Waals surface area contributed by atoms with Gasteiger partial charge in [0.15, 0.2) is 11.5 Å². The summed E-state index contributed by atoms with van der Waals surface area (Å²) in [4.78, 5) is 13.0. The van der Waals surface area contributed by atoms with Crippen molar-refractivity contribution in [1.82, 2.24) is 4.90 Å². The first-order chi connectivity index (χ1) is 10.6. The maximum absolute atomic E-state index is 11.3. The number of nitro groups is 1. The third-order valence-electron chi connectivity index (χ3n) is 4.11. The molecule has 0 spiro atoms. The van der Waals surface area contributed by atoms with Gasteiger partial charge in [-0.15, -0.1) is 0 Å². The molecule has 1 atom stereocenters. The van der Waals surface area contributed by atoms with Crippen LogP contribution in [0.4, 0.5) is 5.69 Å². The van der Waals surface area contributed by atoms with Crippen LogP contribution >= 0.6 is 0 Å². The minimum Gasteiger partial charge on any atom is -0.493 e. The van der Waals surface area contributed by atoms with Crippen molar-refractivity contribution in [2.75, 3.05) is 27.4 Å². The summed E-state index contributed by atoms with van der Waals surface area (Å²) in [6.45, 7) is 1.32. The van der Waals surface area contributed by atoms with E-state index in [0.29, 0.717) is 23.6 Å². The number of aliphatic hydroxyl groups excluding tert-OH is 1. The lowest BCUT2D eigenvalue weighted by atomic mass is 10.0. The Morgan fingerprint density at radius 1 is 1.32 bits per heavy atom. The molecule has 7 nitrogen and oxygen atoms in total. The third kappa shape index (κ3) is 3.48. The van der Waals surface area contributed by atoms with Crippen molar-refractivity contribution in [3.63, 3.8) is 0 Å². The normalized spacial score (nSPS) is 19.0. The maximum atomic E-state index is 11.3. The summed E-state index contributed by atoms with van der Waals surface area (Å²) in [5.41, 5.74) is 0.586. The minimum atomic E-state index is -0.408. The van der Waals surface area contributed by atoms with Gasteiger partial charge in [-0.3, -0.25) is 15.0 Å². The fourth-order valence-corrected chi connectivity index (χ4v) is 2.90. The molecule has 122 valence electrons. The van der Waals surface area contributed by atoms with Crippen LogP contribution in [0.1, 0.15) is 24.8 Å². The molecule has 1 fully saturated rings. The number of hydrogen-bond donors (Lipinski definition) is 1. The standard InChI is InChI=1S/C15H22N2O5/c1-21-14-7-11(13(17(19)20)8-15(14)22-2)9-16-6-4-3-5-12(16)10-18/h7-8,12,18H,3-6,9-10H2,1-2H3. The van der Waals surface area contributed by atoms with Crippen LogP contribution < -0.4 is 9.47 Å². The van der Waals surface area contributed by atoms with Crippen molar-refractivity contribution >= 4 is 5.69 Å². The second-order valence-electron chi connectivity index (χ2n) is 5.40. The van der Waals surface area contributed by atoms with E-state index in [4.69, 9.17) is 9.47 Å². The Labute approximate surface area is 129 Å². The van der Waals surface area contributed by atoms with Crippen molar-refractivity contribution in [2.45, 2.75) is 31.8 Å². The topological polar surface area (TPSA) is 85.1 Å². The van der Waals surface area contributed by atoms with Gasteiger partial charge in [-0.1, -0.05) is 6.42 Å². The van der Waals surface area contributed by atoms with E-state index in [1.807, 2.05) is 0 Å². The zero-order chi connectivity index (χ0) is 16.1. The number of rotatable bonds is 6. The smallest absolute Gasteiger partial charge is 0.277 e. The van der Waals surface area contributed by atoms with Crippen LogP contribution in [0, 0.1) is 10.1 Å². The average Bonchev–Trinajstić information content (AvgIpc) is 2.54. The number of aliphatic hydroxyl groups is 1. The summed E-state index contributed by atoms with van der Waals surface area (Å²) in [7, 11) is 2.96. The first kappa shape index (κ1) is 16.5. The maximum Gasteiger partial charge on any atom is 0.277 e. The van der Waals surface area contributed by atoms with Gasteiger partial charge in [0.25, 0.3) is 5.69 Å². The third-order valence-corrected chi connectivity index (χ3v) is 4.11. The molecule has 1 heterocycles. The Morgan fingerprint density at radius 2 is 2.00 bits per heavy atom. The SMILES string of the molecule is COc1cc(CN2CCCCC2CO)c([N+](=O)[O-])cc1OC. The van der Waals surface area contributed by atoms with E-state index < -0.39 is 4.92 Å². The van der Waals surface area contributed by atoms with Crippen LogP contribution in [0.5, 0.6) is 11.5 Å². The second-order valence-corrected chi connectivity index (χ2v) is 5.40. The molecule has 0 bridgehead atoms. The molecule has 0 amide bonds. The molecule has 0 radical (unpaired) electrons. The first-order valence-corrected chi connectivity index (χ1v) is 7.35. The van der Waals surface area contributed by atoms with Crippen molar-refractivity contribution in [2.24, 2.45) is 0 Å². The van der Waals surface area contributed by atoms with Crippen molar-refractivity contribution < 1.29 is 19.5 Å². The van der Waals surface area contributed by atoms with Crippen LogP contribution in [0.2, 0.25) is 0 Å². The highest BCUT2D eigenvalue weighted by Gasteiger charge is 2.26. The van der Waals surface area contributed by atoms with Gasteiger partial charge < -0.3 is 14.6 Å². The number of nitro benzene ring substituents is 1. The molecule has 0 saturated carbocycles. The van der Waals surface area contributed by atoms with Crippen LogP contribution in [0.3, 0.4) is 0 Å². The average molecular weight is 310 g/mol. The van der Waals surface area contributed by atoms with Gasteiger partial charge in [-0.05, 0) is 25.5 Å². The van der Waals surface area contributed by atoms with Crippen LogP contribution in [-0.2, 0) is 6.54 Å². The number of benzene rings is 1. The number of nitrogens with zero attached hydrogens (tertiary/aromatic N) is 2. The zero-order valence-electron chi connectivity index (χ0n) is 12.9. The lowest BCUT2D eigenvalue weighted by Crippen LogP contribution is -2.41. The Hall–Kier alpha value is -1.86. The van der Waals surface area contributed by atoms with Gasteiger partial charge in [0.2, 0.25) is 0 Å². The molecular weight excluding hydrogens is 288 g/mol. The summed E-state index contributed by atoms with van der Waals surface area (Å²) in [5, 5.41) is 20.8. The molecule has 1 aliphatic heterocycles. The highest BCUT2D eigenvalue weighted by Crippen LogP contribution is 2.35. The van der Waals surface area contributed by atoms with Gasteiger partial charge in [0.05, 0.1) is 31.8 Å². The summed E-state index contributed by atoms with van der Waals surface area (Å²) < 4.78 is 10.4. The Morgan fingerprint density at radius 3 is 2.59 bits per heavy atom. The van der Waals surface area contributed by atoms with E-state index in [1.165, 1.54) is 20.3 Å². The number of piperidine rings is 1. The fourth-order valence-electron chi connectivity index (χ4n) is 2.90. The molecule has 7 heteroatoms. The molecule has 1 N–H and O–H groups in total. The van der Waals surface area contributed by atoms with Crippen LogP contribution in [0.25, 0.3) is 0 Å². The highest BCUT2D eigenvalue weighted by atomic mass is 16.6. The van der Waals surface area contributed by atoms with Gasteiger partial charge in [0, 0.05) is 18.2 Å². The van der Waals surface area contributed by atoms with E-state index in [1.54, 1.807) is 6.07 Å².